The number of piperidine rings is 1. The summed E-state index contributed by atoms with van der Waals surface area (Å²) in [7, 11) is -3.21. The fourth-order valence-electron chi connectivity index (χ4n) is 3.91. The number of aliphatic carboxylic acids is 1. The van der Waals surface area contributed by atoms with E-state index in [0.717, 1.165) is 38.8 Å². The van der Waals surface area contributed by atoms with E-state index in [1.54, 1.807) is 0 Å². The molecule has 2 aliphatic rings. The quantitative estimate of drug-likeness (QED) is 0.844. The number of rotatable bonds is 4. The normalized spacial score (nSPS) is 33.4. The highest BCUT2D eigenvalue weighted by atomic mass is 32.2. The first-order valence-electron chi connectivity index (χ1n) is 7.02. The van der Waals surface area contributed by atoms with E-state index in [2.05, 4.69) is 4.90 Å². The van der Waals surface area contributed by atoms with Crippen LogP contribution < -0.4 is 0 Å². The molecule has 2 fully saturated rings. The molecule has 0 amide bonds. The Balaban J connectivity index is 2.35. The molecule has 1 aliphatic heterocycles. The summed E-state index contributed by atoms with van der Waals surface area (Å²) in [6.07, 6.45) is 6.54. The first-order chi connectivity index (χ1) is 8.86. The summed E-state index contributed by atoms with van der Waals surface area (Å²) in [6, 6.07) is 0. The molecule has 1 N–H and O–H groups in total. The molecule has 0 radical (unpaired) electrons. The van der Waals surface area contributed by atoms with Crippen molar-refractivity contribution in [3.8, 4) is 0 Å². The molecule has 1 aliphatic carbocycles. The fraction of sp³-hybridized carbons (Fsp3) is 0.923. The lowest BCUT2D eigenvalue weighted by atomic mass is 9.88. The zero-order valence-corrected chi connectivity index (χ0v) is 12.3. The van der Waals surface area contributed by atoms with E-state index >= 15 is 0 Å². The molecular formula is C13H23NO4S. The van der Waals surface area contributed by atoms with E-state index in [-0.39, 0.29) is 6.42 Å². The average Bonchev–Trinajstić information content (AvgIpc) is 2.74. The number of nitrogens with zero attached hydrogens (tertiary/aromatic N) is 1. The number of hydrogen-bond donors (Lipinski definition) is 1. The number of hydrogen-bond acceptors (Lipinski definition) is 4. The molecule has 1 saturated heterocycles. The molecule has 6 heteroatoms. The summed E-state index contributed by atoms with van der Waals surface area (Å²) in [5, 5.41) is 8.71. The van der Waals surface area contributed by atoms with Crippen molar-refractivity contribution in [3.05, 3.63) is 0 Å². The minimum absolute atomic E-state index is 0.0509. The van der Waals surface area contributed by atoms with E-state index in [4.69, 9.17) is 0 Å². The highest BCUT2D eigenvalue weighted by molar-refractivity contribution is 7.91. The van der Waals surface area contributed by atoms with Crippen LogP contribution in [0.2, 0.25) is 0 Å². The van der Waals surface area contributed by atoms with Gasteiger partial charge in [0, 0.05) is 11.8 Å². The standard InChI is InChI=1S/C13H23NO4S/c1-19(17,18)11-6-5-7-13(11,10-12(15)16)14-8-3-2-4-9-14/h11H,2-10H2,1H3,(H,15,16). The van der Waals surface area contributed by atoms with Crippen molar-refractivity contribution in [2.24, 2.45) is 0 Å². The van der Waals surface area contributed by atoms with Crippen molar-refractivity contribution >= 4 is 15.8 Å². The molecule has 1 heterocycles. The van der Waals surface area contributed by atoms with Gasteiger partial charge in [0.25, 0.3) is 0 Å². The Bertz CT molecular complexity index is 442. The van der Waals surface area contributed by atoms with Crippen LogP contribution in [0.4, 0.5) is 0 Å². The molecule has 0 aromatic heterocycles. The zero-order chi connectivity index (χ0) is 14.1. The predicted molar refractivity (Wildman–Crippen MR) is 72.9 cm³/mol. The van der Waals surface area contributed by atoms with Crippen molar-refractivity contribution in [3.63, 3.8) is 0 Å². The highest BCUT2D eigenvalue weighted by Crippen LogP contribution is 2.43. The van der Waals surface area contributed by atoms with Gasteiger partial charge < -0.3 is 5.11 Å². The number of sulfone groups is 1. The Kier molecular flexibility index (Phi) is 4.20. The van der Waals surface area contributed by atoms with Crippen LogP contribution in [-0.2, 0) is 14.6 Å². The van der Waals surface area contributed by atoms with Gasteiger partial charge in [-0.25, -0.2) is 8.42 Å². The lowest BCUT2D eigenvalue weighted by Gasteiger charge is -2.45. The second kappa shape index (κ2) is 5.40. The minimum atomic E-state index is -3.21. The Labute approximate surface area is 114 Å². The number of carbonyl (C=O) groups is 1. The van der Waals surface area contributed by atoms with Crippen molar-refractivity contribution in [2.75, 3.05) is 19.3 Å². The molecule has 0 aromatic rings. The maximum absolute atomic E-state index is 12.1. The third-order valence-electron chi connectivity index (χ3n) is 4.64. The molecule has 19 heavy (non-hydrogen) atoms. The molecule has 0 aromatic carbocycles. The van der Waals surface area contributed by atoms with Crippen LogP contribution in [0.15, 0.2) is 0 Å². The van der Waals surface area contributed by atoms with E-state index in [0.29, 0.717) is 12.8 Å². The highest BCUT2D eigenvalue weighted by Gasteiger charge is 2.52. The Hall–Kier alpha value is -0.620. The lowest BCUT2D eigenvalue weighted by Crippen LogP contribution is -2.58. The van der Waals surface area contributed by atoms with Gasteiger partial charge in [0.2, 0.25) is 0 Å². The van der Waals surface area contributed by atoms with Gasteiger partial charge in [0.1, 0.15) is 0 Å². The van der Waals surface area contributed by atoms with Crippen molar-refractivity contribution in [2.45, 2.75) is 55.7 Å². The molecule has 5 nitrogen and oxygen atoms in total. The van der Waals surface area contributed by atoms with Gasteiger partial charge in [-0.15, -0.1) is 0 Å². The first-order valence-corrected chi connectivity index (χ1v) is 8.97. The molecule has 1 saturated carbocycles. The van der Waals surface area contributed by atoms with Gasteiger partial charge >= 0.3 is 5.97 Å². The Morgan fingerprint density at radius 3 is 2.42 bits per heavy atom. The van der Waals surface area contributed by atoms with Crippen molar-refractivity contribution in [1.82, 2.24) is 4.90 Å². The maximum atomic E-state index is 12.1. The summed E-state index contributed by atoms with van der Waals surface area (Å²) in [4.78, 5) is 13.4. The molecular weight excluding hydrogens is 266 g/mol. The zero-order valence-electron chi connectivity index (χ0n) is 11.5. The first kappa shape index (κ1) is 14.8. The summed E-state index contributed by atoms with van der Waals surface area (Å²) in [5.74, 6) is -0.888. The molecule has 2 unspecified atom stereocenters. The van der Waals surface area contributed by atoms with Crippen molar-refractivity contribution < 1.29 is 18.3 Å². The largest absolute Gasteiger partial charge is 0.481 e. The van der Waals surface area contributed by atoms with Crippen LogP contribution in [-0.4, -0.2) is 54.5 Å². The van der Waals surface area contributed by atoms with Gasteiger partial charge in [0.15, 0.2) is 9.84 Å². The van der Waals surface area contributed by atoms with Crippen LogP contribution in [0.5, 0.6) is 0 Å². The second-order valence-corrected chi connectivity index (χ2v) is 8.16. The van der Waals surface area contributed by atoms with Crippen LogP contribution >= 0.6 is 0 Å². The van der Waals surface area contributed by atoms with Crippen LogP contribution in [0.3, 0.4) is 0 Å². The molecule has 2 atom stereocenters. The third-order valence-corrected chi connectivity index (χ3v) is 6.34. The number of carboxylic acid groups (broad SMARTS) is 1. The predicted octanol–water partition coefficient (Wildman–Crippen LogP) is 1.28. The van der Waals surface area contributed by atoms with E-state index in [1.165, 1.54) is 6.26 Å². The maximum Gasteiger partial charge on any atom is 0.305 e. The summed E-state index contributed by atoms with van der Waals surface area (Å²) < 4.78 is 24.1. The third kappa shape index (κ3) is 2.94. The van der Waals surface area contributed by atoms with Crippen LogP contribution in [0.25, 0.3) is 0 Å². The lowest BCUT2D eigenvalue weighted by molar-refractivity contribution is -0.140. The SMILES string of the molecule is CS(=O)(=O)C1CCCC1(CC(=O)O)N1CCCCC1. The second-order valence-electron chi connectivity index (χ2n) is 5.93. The molecule has 0 bridgehead atoms. The Morgan fingerprint density at radius 1 is 1.26 bits per heavy atom. The summed E-state index contributed by atoms with van der Waals surface area (Å²) >= 11 is 0. The number of carboxylic acids is 1. The van der Waals surface area contributed by atoms with Gasteiger partial charge in [-0.05, 0) is 38.8 Å². The topological polar surface area (TPSA) is 74.7 Å². The fourth-order valence-corrected chi connectivity index (χ4v) is 5.65. The Morgan fingerprint density at radius 2 is 1.89 bits per heavy atom. The molecule has 0 spiro atoms. The van der Waals surface area contributed by atoms with E-state index in [9.17, 15) is 18.3 Å². The van der Waals surface area contributed by atoms with Gasteiger partial charge in [-0.3, -0.25) is 9.69 Å². The van der Waals surface area contributed by atoms with Crippen LogP contribution in [0, 0.1) is 0 Å². The minimum Gasteiger partial charge on any atom is -0.481 e. The summed E-state index contributed by atoms with van der Waals surface area (Å²) in [6.45, 7) is 1.67. The smallest absolute Gasteiger partial charge is 0.305 e. The summed E-state index contributed by atoms with van der Waals surface area (Å²) in [5.41, 5.74) is -0.667. The molecule has 110 valence electrons. The average molecular weight is 289 g/mol. The van der Waals surface area contributed by atoms with Crippen molar-refractivity contribution in [1.29, 1.82) is 0 Å². The van der Waals surface area contributed by atoms with Gasteiger partial charge in [0.05, 0.1) is 11.7 Å². The van der Waals surface area contributed by atoms with E-state index in [1.807, 2.05) is 0 Å². The monoisotopic (exact) mass is 289 g/mol. The molecule has 2 rings (SSSR count). The van der Waals surface area contributed by atoms with Gasteiger partial charge in [-0.1, -0.05) is 12.8 Å². The van der Waals surface area contributed by atoms with Crippen LogP contribution in [0.1, 0.15) is 44.9 Å². The van der Waals surface area contributed by atoms with E-state index < -0.39 is 26.6 Å². The van der Waals surface area contributed by atoms with Gasteiger partial charge in [-0.2, -0.15) is 0 Å². The number of likely N-dealkylation sites (tertiary alicyclic amines) is 1.